The fourth-order valence-electron chi connectivity index (χ4n) is 5.55. The number of amides is 1. The summed E-state index contributed by atoms with van der Waals surface area (Å²) in [5.41, 5.74) is 2.09. The number of phenols is 1. The van der Waals surface area contributed by atoms with E-state index in [4.69, 9.17) is 18.6 Å². The molecule has 3 rings (SSSR count). The molecule has 0 saturated carbocycles. The number of aromatic hydroxyl groups is 1. The predicted octanol–water partition coefficient (Wildman–Crippen LogP) is 4.41. The van der Waals surface area contributed by atoms with Crippen molar-refractivity contribution in [1.29, 1.82) is 0 Å². The standard InChI is InChI=1S/C33H44N2O9/c1-9-13-35-28-23-14-18(2)15-27(42-8)29(37)20(4)16-21(5)31(43-22(6)36)25(41-7)12-10-11-19(3)32(39)34-24(30(23)38)17-26(28)44-33(35)40/h9-12,16-18,20,25,27,29,31,37-38H,1,13-15H2,2-8H3,(H,34,39)/b12-10-,19-11+,21-16+/t18-,20+,25+,27+,29-,31+/m1/s1. The van der Waals surface area contributed by atoms with Gasteiger partial charge in [-0.05, 0) is 38.2 Å². The van der Waals surface area contributed by atoms with Crippen molar-refractivity contribution in [3.8, 4) is 5.75 Å². The highest BCUT2D eigenvalue weighted by Gasteiger charge is 2.30. The Morgan fingerprint density at radius 2 is 1.93 bits per heavy atom. The van der Waals surface area contributed by atoms with Crippen LogP contribution in [0.1, 0.15) is 46.6 Å². The number of esters is 1. The molecule has 2 bridgehead atoms. The summed E-state index contributed by atoms with van der Waals surface area (Å²) in [5.74, 6) is -2.35. The van der Waals surface area contributed by atoms with Crippen molar-refractivity contribution in [2.45, 2.75) is 78.4 Å². The van der Waals surface area contributed by atoms with E-state index >= 15 is 0 Å². The molecule has 11 nitrogen and oxygen atoms in total. The molecule has 1 aromatic carbocycles. The SMILES string of the molecule is C=CCn1c(=O)oc2cc3c(O)c(c21)C[C@@H](C)C[C@H](OC)[C@H](O)[C@@H](C)/C=C(\C)[C@H](OC(C)=O)[C@@H](OC)/C=C\C=C(/C)C(=O)N3. The van der Waals surface area contributed by atoms with Crippen LogP contribution in [-0.2, 0) is 36.8 Å². The number of methoxy groups -OCH3 is 2. The second-order valence-electron chi connectivity index (χ2n) is 11.4. The first-order valence-electron chi connectivity index (χ1n) is 14.6. The lowest BCUT2D eigenvalue weighted by atomic mass is 9.87. The molecule has 0 unspecified atom stereocenters. The highest BCUT2D eigenvalue weighted by Crippen LogP contribution is 2.38. The number of carbonyl (C=O) groups excluding carboxylic acids is 2. The fraction of sp³-hybridized carbons (Fsp3) is 0.485. The molecule has 6 atom stereocenters. The van der Waals surface area contributed by atoms with Crippen LogP contribution in [0.3, 0.4) is 0 Å². The molecule has 0 spiro atoms. The van der Waals surface area contributed by atoms with Gasteiger partial charge in [-0.3, -0.25) is 14.2 Å². The maximum Gasteiger partial charge on any atom is 0.420 e. The summed E-state index contributed by atoms with van der Waals surface area (Å²) in [6, 6.07) is 1.42. The van der Waals surface area contributed by atoms with E-state index in [1.54, 1.807) is 38.2 Å². The summed E-state index contributed by atoms with van der Waals surface area (Å²) in [6.07, 6.45) is 5.91. The number of aromatic nitrogens is 1. The zero-order valence-electron chi connectivity index (χ0n) is 26.5. The molecule has 1 amide bonds. The van der Waals surface area contributed by atoms with Crippen LogP contribution in [0.4, 0.5) is 5.69 Å². The molecular weight excluding hydrogens is 568 g/mol. The number of aliphatic hydroxyl groups excluding tert-OH is 1. The number of carbonyl (C=O) groups is 2. The van der Waals surface area contributed by atoms with Crippen molar-refractivity contribution in [3.63, 3.8) is 0 Å². The van der Waals surface area contributed by atoms with Gasteiger partial charge in [-0.15, -0.1) is 6.58 Å². The molecule has 240 valence electrons. The number of fused-ring (bicyclic) bond motifs is 4. The summed E-state index contributed by atoms with van der Waals surface area (Å²) < 4.78 is 23.8. The lowest BCUT2D eigenvalue weighted by Gasteiger charge is -2.29. The molecule has 2 heterocycles. The van der Waals surface area contributed by atoms with Crippen LogP contribution < -0.4 is 11.1 Å². The van der Waals surface area contributed by atoms with Crippen molar-refractivity contribution < 1.29 is 38.4 Å². The van der Waals surface area contributed by atoms with Gasteiger partial charge in [0.2, 0.25) is 0 Å². The largest absolute Gasteiger partial charge is 0.505 e. The molecule has 1 aliphatic heterocycles. The second-order valence-corrected chi connectivity index (χ2v) is 11.4. The molecule has 11 heteroatoms. The van der Waals surface area contributed by atoms with Gasteiger partial charge in [0.25, 0.3) is 5.91 Å². The van der Waals surface area contributed by atoms with Crippen LogP contribution in [0.15, 0.2) is 63.4 Å². The smallest absolute Gasteiger partial charge is 0.420 e. The van der Waals surface area contributed by atoms with Crippen LogP contribution >= 0.6 is 0 Å². The lowest BCUT2D eigenvalue weighted by Crippen LogP contribution is -2.36. The first-order chi connectivity index (χ1) is 20.8. The van der Waals surface area contributed by atoms with Crippen LogP contribution in [-0.4, -0.2) is 65.3 Å². The Morgan fingerprint density at radius 1 is 1.23 bits per heavy atom. The second kappa shape index (κ2) is 15.2. The molecule has 3 N–H and O–H groups in total. The Bertz CT molecular complexity index is 1510. The van der Waals surface area contributed by atoms with Gasteiger partial charge in [-0.1, -0.05) is 44.2 Å². The third-order valence-corrected chi connectivity index (χ3v) is 7.84. The minimum Gasteiger partial charge on any atom is -0.505 e. The van der Waals surface area contributed by atoms with E-state index in [1.165, 1.54) is 31.8 Å². The van der Waals surface area contributed by atoms with Gasteiger partial charge in [0, 0.05) is 50.8 Å². The van der Waals surface area contributed by atoms with Gasteiger partial charge < -0.3 is 34.2 Å². The van der Waals surface area contributed by atoms with E-state index in [1.807, 2.05) is 19.9 Å². The van der Waals surface area contributed by atoms with Crippen molar-refractivity contribution >= 4 is 28.7 Å². The maximum absolute atomic E-state index is 13.2. The Kier molecular flexibility index (Phi) is 11.9. The summed E-state index contributed by atoms with van der Waals surface area (Å²) in [5, 5.41) is 25.5. The molecule has 0 radical (unpaired) electrons. The van der Waals surface area contributed by atoms with Gasteiger partial charge in [-0.25, -0.2) is 4.79 Å². The molecule has 44 heavy (non-hydrogen) atoms. The van der Waals surface area contributed by atoms with Gasteiger partial charge in [0.05, 0.1) is 23.4 Å². The number of rotatable bonds is 5. The van der Waals surface area contributed by atoms with Crippen molar-refractivity contribution in [2.75, 3.05) is 19.5 Å². The quantitative estimate of drug-likeness (QED) is 0.253. The topological polar surface area (TPSA) is 149 Å². The average Bonchev–Trinajstić information content (AvgIpc) is 3.28. The number of hydrogen-bond acceptors (Lipinski definition) is 9. The number of oxazole rings is 1. The predicted molar refractivity (Wildman–Crippen MR) is 167 cm³/mol. The summed E-state index contributed by atoms with van der Waals surface area (Å²) >= 11 is 0. The molecular formula is C33H44N2O9. The van der Waals surface area contributed by atoms with Crippen molar-refractivity contribution in [2.24, 2.45) is 11.8 Å². The first kappa shape index (κ1) is 34.6. The number of benzene rings is 1. The highest BCUT2D eigenvalue weighted by atomic mass is 16.6. The molecule has 1 aliphatic rings. The van der Waals surface area contributed by atoms with E-state index in [2.05, 4.69) is 11.9 Å². The molecule has 0 saturated heterocycles. The number of aliphatic hydroxyl groups is 1. The number of nitrogens with zero attached hydrogens (tertiary/aromatic N) is 1. The van der Waals surface area contributed by atoms with Crippen LogP contribution in [0.2, 0.25) is 0 Å². The maximum atomic E-state index is 13.2. The zero-order chi connectivity index (χ0) is 32.7. The van der Waals surface area contributed by atoms with E-state index < -0.39 is 48.0 Å². The van der Waals surface area contributed by atoms with E-state index in [9.17, 15) is 24.6 Å². The van der Waals surface area contributed by atoms with Crippen LogP contribution in [0, 0.1) is 11.8 Å². The number of hydrogen-bond donors (Lipinski definition) is 3. The Labute approximate surface area is 257 Å². The average molecular weight is 613 g/mol. The number of nitrogens with one attached hydrogen (secondary N) is 1. The van der Waals surface area contributed by atoms with Gasteiger partial charge >= 0.3 is 11.7 Å². The van der Waals surface area contributed by atoms with E-state index in [0.717, 1.165) is 0 Å². The normalized spacial score (nSPS) is 28.8. The number of anilines is 1. The van der Waals surface area contributed by atoms with Crippen molar-refractivity contribution in [1.82, 2.24) is 4.57 Å². The van der Waals surface area contributed by atoms with E-state index in [0.29, 0.717) is 28.6 Å². The molecule has 1 aromatic heterocycles. The Morgan fingerprint density at radius 3 is 2.55 bits per heavy atom. The third-order valence-electron chi connectivity index (χ3n) is 7.84. The van der Waals surface area contributed by atoms with Gasteiger partial charge in [0.1, 0.15) is 11.9 Å². The third kappa shape index (κ3) is 7.96. The Hall–Kier alpha value is -3.93. The molecule has 0 aliphatic carbocycles. The number of allylic oxidation sites excluding steroid dienone is 3. The minimum atomic E-state index is -0.924. The monoisotopic (exact) mass is 612 g/mol. The highest BCUT2D eigenvalue weighted by molar-refractivity contribution is 6.05. The number of phenolic OH excluding ortho intramolecular Hbond substituents is 1. The van der Waals surface area contributed by atoms with Gasteiger partial charge in [-0.2, -0.15) is 0 Å². The lowest BCUT2D eigenvalue weighted by molar-refractivity contribution is -0.149. The summed E-state index contributed by atoms with van der Waals surface area (Å²) in [6.45, 7) is 12.4. The molecule has 2 aromatic rings. The number of ether oxygens (including phenoxy) is 3. The summed E-state index contributed by atoms with van der Waals surface area (Å²) in [7, 11) is 3.00. The zero-order valence-corrected chi connectivity index (χ0v) is 26.5. The van der Waals surface area contributed by atoms with Crippen molar-refractivity contribution in [3.05, 3.63) is 70.3 Å². The van der Waals surface area contributed by atoms with E-state index in [-0.39, 0.29) is 35.9 Å². The fourth-order valence-corrected chi connectivity index (χ4v) is 5.55. The minimum absolute atomic E-state index is 0.0836. The first-order valence-corrected chi connectivity index (χ1v) is 14.6. The Balaban J connectivity index is 2.19. The van der Waals surface area contributed by atoms with Gasteiger partial charge in [0.15, 0.2) is 11.7 Å². The summed E-state index contributed by atoms with van der Waals surface area (Å²) in [4.78, 5) is 37.9. The van der Waals surface area contributed by atoms with Crippen LogP contribution in [0.5, 0.6) is 5.75 Å². The van der Waals surface area contributed by atoms with Crippen LogP contribution in [0.25, 0.3) is 11.1 Å². The molecule has 0 fully saturated rings.